The van der Waals surface area contributed by atoms with Crippen LogP contribution in [0.25, 0.3) is 5.69 Å². The first-order valence-electron chi connectivity index (χ1n) is 8.94. The number of rotatable bonds is 3. The van der Waals surface area contributed by atoms with Crippen LogP contribution >= 0.6 is 0 Å². The molecule has 5 nitrogen and oxygen atoms in total. The molecule has 1 aromatic heterocycles. The minimum atomic E-state index is -0.954. The van der Waals surface area contributed by atoms with Gasteiger partial charge in [0.1, 0.15) is 5.78 Å². The third-order valence-electron chi connectivity index (χ3n) is 5.44. The van der Waals surface area contributed by atoms with Crippen molar-refractivity contribution in [3.05, 3.63) is 82.2 Å². The van der Waals surface area contributed by atoms with Crippen LogP contribution in [0.2, 0.25) is 0 Å². The number of carbonyl (C=O) groups excluding carboxylic acids is 1. The molecule has 3 aromatic rings. The van der Waals surface area contributed by atoms with E-state index in [2.05, 4.69) is 25.0 Å². The normalized spacial score (nSPS) is 16.2. The van der Waals surface area contributed by atoms with E-state index < -0.39 is 5.97 Å². The first-order valence-corrected chi connectivity index (χ1v) is 8.94. The summed E-state index contributed by atoms with van der Waals surface area (Å²) in [5.41, 5.74) is 6.46. The number of carbonyl (C=O) groups is 2. The van der Waals surface area contributed by atoms with Gasteiger partial charge in [-0.1, -0.05) is 24.3 Å². The average molecular weight is 360 g/mol. The van der Waals surface area contributed by atoms with Gasteiger partial charge in [-0.25, -0.2) is 9.48 Å². The SMILES string of the molecule is Cc1cccc(-n2ncc3c2CC(=O)CC3c2ccc(C(=O)O)cc2)c1C. The van der Waals surface area contributed by atoms with Gasteiger partial charge in [-0.2, -0.15) is 5.10 Å². The summed E-state index contributed by atoms with van der Waals surface area (Å²) >= 11 is 0. The number of carboxylic acid groups (broad SMARTS) is 1. The Morgan fingerprint density at radius 3 is 2.59 bits per heavy atom. The van der Waals surface area contributed by atoms with Gasteiger partial charge in [0.05, 0.1) is 23.1 Å². The zero-order valence-electron chi connectivity index (χ0n) is 15.3. The highest BCUT2D eigenvalue weighted by Gasteiger charge is 2.30. The number of benzene rings is 2. The van der Waals surface area contributed by atoms with Crippen molar-refractivity contribution in [2.45, 2.75) is 32.6 Å². The lowest BCUT2D eigenvalue weighted by Crippen LogP contribution is -2.21. The molecule has 0 saturated heterocycles. The second-order valence-electron chi connectivity index (χ2n) is 7.08. The van der Waals surface area contributed by atoms with E-state index >= 15 is 0 Å². The summed E-state index contributed by atoms with van der Waals surface area (Å²) in [6, 6.07) is 12.9. The van der Waals surface area contributed by atoms with Gasteiger partial charge >= 0.3 is 5.97 Å². The molecule has 1 aliphatic rings. The Balaban J connectivity index is 1.80. The first-order chi connectivity index (χ1) is 13.0. The summed E-state index contributed by atoms with van der Waals surface area (Å²) in [5, 5.41) is 13.7. The number of hydrogen-bond acceptors (Lipinski definition) is 3. The van der Waals surface area contributed by atoms with Gasteiger partial charge in [0.25, 0.3) is 0 Å². The Bertz CT molecular complexity index is 1050. The number of Topliss-reactive ketones (excluding diaryl/α,β-unsaturated/α-hetero) is 1. The van der Waals surface area contributed by atoms with Crippen LogP contribution < -0.4 is 0 Å². The number of aryl methyl sites for hydroxylation is 1. The van der Waals surface area contributed by atoms with Crippen LogP contribution in [0.1, 0.15) is 50.6 Å². The van der Waals surface area contributed by atoms with Crippen molar-refractivity contribution < 1.29 is 14.7 Å². The molecule has 0 aliphatic heterocycles. The molecular weight excluding hydrogens is 340 g/mol. The molecule has 1 atom stereocenters. The van der Waals surface area contributed by atoms with Gasteiger partial charge in [0.15, 0.2) is 0 Å². The molecule has 0 radical (unpaired) electrons. The Labute approximate surface area is 157 Å². The lowest BCUT2D eigenvalue weighted by molar-refractivity contribution is -0.119. The second kappa shape index (κ2) is 6.50. The van der Waals surface area contributed by atoms with E-state index in [4.69, 9.17) is 5.11 Å². The fraction of sp³-hybridized carbons (Fsp3) is 0.227. The highest BCUT2D eigenvalue weighted by Crippen LogP contribution is 2.36. The van der Waals surface area contributed by atoms with E-state index in [1.165, 1.54) is 5.56 Å². The maximum absolute atomic E-state index is 12.5. The molecule has 4 rings (SSSR count). The molecule has 5 heteroatoms. The lowest BCUT2D eigenvalue weighted by atomic mass is 9.81. The zero-order chi connectivity index (χ0) is 19.1. The average Bonchev–Trinajstić information content (AvgIpc) is 3.07. The fourth-order valence-electron chi connectivity index (χ4n) is 3.78. The Morgan fingerprint density at radius 2 is 1.89 bits per heavy atom. The third kappa shape index (κ3) is 2.95. The van der Waals surface area contributed by atoms with Crippen LogP contribution in [0.15, 0.2) is 48.7 Å². The van der Waals surface area contributed by atoms with Crippen LogP contribution in [0.5, 0.6) is 0 Å². The minimum Gasteiger partial charge on any atom is -0.478 e. The highest BCUT2D eigenvalue weighted by molar-refractivity contribution is 5.88. The molecule has 0 saturated carbocycles. The predicted octanol–water partition coefficient (Wildman–Crippen LogP) is 3.83. The van der Waals surface area contributed by atoms with Gasteiger partial charge in [-0.05, 0) is 48.7 Å². The Morgan fingerprint density at radius 1 is 1.15 bits per heavy atom. The number of aromatic nitrogens is 2. The van der Waals surface area contributed by atoms with Crippen molar-refractivity contribution in [2.24, 2.45) is 0 Å². The quantitative estimate of drug-likeness (QED) is 0.770. The molecule has 136 valence electrons. The Kier molecular flexibility index (Phi) is 4.15. The van der Waals surface area contributed by atoms with Gasteiger partial charge in [-0.3, -0.25) is 4.79 Å². The van der Waals surface area contributed by atoms with Crippen molar-refractivity contribution in [3.8, 4) is 5.69 Å². The topological polar surface area (TPSA) is 72.2 Å². The number of ketones is 1. The van der Waals surface area contributed by atoms with Crippen molar-refractivity contribution in [2.75, 3.05) is 0 Å². The Hall–Kier alpha value is -3.21. The van der Waals surface area contributed by atoms with Crippen LogP contribution in [0.4, 0.5) is 0 Å². The molecule has 0 fully saturated rings. The summed E-state index contributed by atoms with van der Waals surface area (Å²) in [4.78, 5) is 23.6. The lowest BCUT2D eigenvalue weighted by Gasteiger charge is -2.23. The first kappa shape index (κ1) is 17.2. The van der Waals surface area contributed by atoms with Crippen molar-refractivity contribution >= 4 is 11.8 Å². The molecule has 1 heterocycles. The van der Waals surface area contributed by atoms with Gasteiger partial charge in [0, 0.05) is 24.3 Å². The van der Waals surface area contributed by atoms with Gasteiger partial charge < -0.3 is 5.11 Å². The molecule has 1 aliphatic carbocycles. The molecule has 0 spiro atoms. The number of fused-ring (bicyclic) bond motifs is 1. The zero-order valence-corrected chi connectivity index (χ0v) is 15.3. The van der Waals surface area contributed by atoms with Crippen molar-refractivity contribution in [3.63, 3.8) is 0 Å². The standard InChI is InChI=1S/C22H20N2O3/c1-13-4-3-5-20(14(13)2)24-21-11-17(25)10-18(19(21)12-23-24)15-6-8-16(9-7-15)22(26)27/h3-9,12,18H,10-11H2,1-2H3,(H,26,27). The summed E-state index contributed by atoms with van der Waals surface area (Å²) in [5.74, 6) is -0.880. The molecule has 0 amide bonds. The monoisotopic (exact) mass is 360 g/mol. The summed E-state index contributed by atoms with van der Waals surface area (Å²) < 4.78 is 1.88. The van der Waals surface area contributed by atoms with Crippen LogP contribution in [-0.2, 0) is 11.2 Å². The molecule has 1 unspecified atom stereocenters. The van der Waals surface area contributed by atoms with Crippen LogP contribution in [-0.4, -0.2) is 26.6 Å². The van der Waals surface area contributed by atoms with Crippen LogP contribution in [0, 0.1) is 13.8 Å². The van der Waals surface area contributed by atoms with Crippen molar-refractivity contribution in [1.82, 2.24) is 9.78 Å². The molecule has 0 bridgehead atoms. The smallest absolute Gasteiger partial charge is 0.335 e. The maximum Gasteiger partial charge on any atom is 0.335 e. The van der Waals surface area contributed by atoms with Gasteiger partial charge in [0.2, 0.25) is 0 Å². The van der Waals surface area contributed by atoms with E-state index in [-0.39, 0.29) is 17.3 Å². The molecule has 27 heavy (non-hydrogen) atoms. The van der Waals surface area contributed by atoms with Crippen molar-refractivity contribution in [1.29, 1.82) is 0 Å². The maximum atomic E-state index is 12.5. The number of nitrogens with zero attached hydrogens (tertiary/aromatic N) is 2. The van der Waals surface area contributed by atoms with E-state index in [0.717, 1.165) is 28.1 Å². The van der Waals surface area contributed by atoms with Crippen LogP contribution in [0.3, 0.4) is 0 Å². The predicted molar refractivity (Wildman–Crippen MR) is 102 cm³/mol. The van der Waals surface area contributed by atoms with E-state index in [1.54, 1.807) is 24.3 Å². The molecular formula is C22H20N2O3. The van der Waals surface area contributed by atoms with Gasteiger partial charge in [-0.15, -0.1) is 0 Å². The summed E-state index contributed by atoms with van der Waals surface area (Å²) in [6.45, 7) is 4.12. The number of carboxylic acids is 1. The van der Waals surface area contributed by atoms with E-state index in [0.29, 0.717) is 12.8 Å². The second-order valence-corrected chi connectivity index (χ2v) is 7.08. The number of aromatic carboxylic acids is 1. The molecule has 2 aromatic carbocycles. The minimum absolute atomic E-state index is 0.0945. The van der Waals surface area contributed by atoms with E-state index in [1.807, 2.05) is 23.0 Å². The number of hydrogen-bond donors (Lipinski definition) is 1. The summed E-state index contributed by atoms with van der Waals surface area (Å²) in [6.07, 6.45) is 2.63. The summed E-state index contributed by atoms with van der Waals surface area (Å²) in [7, 11) is 0. The highest BCUT2D eigenvalue weighted by atomic mass is 16.4. The molecule has 1 N–H and O–H groups in total. The van der Waals surface area contributed by atoms with E-state index in [9.17, 15) is 9.59 Å². The third-order valence-corrected chi connectivity index (χ3v) is 5.44. The fourth-order valence-corrected chi connectivity index (χ4v) is 3.78. The largest absolute Gasteiger partial charge is 0.478 e.